The minimum Gasteiger partial charge on any atom is -0.497 e. The lowest BCUT2D eigenvalue weighted by Crippen LogP contribution is -2.80. The van der Waals surface area contributed by atoms with Crippen LogP contribution in [0.4, 0.5) is 0 Å². The first-order valence-electron chi connectivity index (χ1n) is 13.0. The van der Waals surface area contributed by atoms with Gasteiger partial charge in [-0.3, -0.25) is 0 Å². The molecule has 33 heavy (non-hydrogen) atoms. The van der Waals surface area contributed by atoms with E-state index in [4.69, 9.17) is 9.47 Å². The van der Waals surface area contributed by atoms with Crippen LogP contribution >= 0.6 is 0 Å². The molecule has 4 bridgehead atoms. The molecule has 3 aliphatic heterocycles. The molecule has 3 aliphatic carbocycles. The lowest BCUT2D eigenvalue weighted by Gasteiger charge is -2.70. The maximum Gasteiger partial charge on any atom is 0.119 e. The van der Waals surface area contributed by atoms with Gasteiger partial charge in [0.05, 0.1) is 19.3 Å². The molecule has 6 aliphatic rings. The molecule has 1 spiro atoms. The predicted molar refractivity (Wildman–Crippen MR) is 130 cm³/mol. The van der Waals surface area contributed by atoms with Crippen molar-refractivity contribution in [3.63, 3.8) is 0 Å². The first kappa shape index (κ1) is 20.5. The van der Waals surface area contributed by atoms with Crippen molar-refractivity contribution < 1.29 is 9.47 Å². The summed E-state index contributed by atoms with van der Waals surface area (Å²) in [5.41, 5.74) is 6.12. The monoisotopic (exact) mass is 444 g/mol. The van der Waals surface area contributed by atoms with Crippen LogP contribution in [0.5, 0.6) is 5.75 Å². The Morgan fingerprint density at radius 1 is 1.12 bits per heavy atom. The van der Waals surface area contributed by atoms with Gasteiger partial charge in [0.15, 0.2) is 0 Å². The van der Waals surface area contributed by atoms with E-state index in [1.165, 1.54) is 37.7 Å². The summed E-state index contributed by atoms with van der Waals surface area (Å²) in [7, 11) is 1.83. The lowest BCUT2D eigenvalue weighted by atomic mass is 9.45. The van der Waals surface area contributed by atoms with E-state index in [2.05, 4.69) is 53.1 Å². The van der Waals surface area contributed by atoms with Crippen LogP contribution in [0.15, 0.2) is 42.5 Å². The molecule has 0 amide bonds. The fourth-order valence-corrected chi connectivity index (χ4v) is 7.90. The largest absolute Gasteiger partial charge is 0.497 e. The summed E-state index contributed by atoms with van der Waals surface area (Å²) in [4.78, 5) is 0. The second-order valence-corrected chi connectivity index (χ2v) is 11.5. The molecular weight excluding hydrogens is 408 g/mol. The molecule has 2 saturated carbocycles. The Balaban J connectivity index is 1.31. The second kappa shape index (κ2) is 7.31. The third-order valence-corrected chi connectivity index (χ3v) is 9.73. The van der Waals surface area contributed by atoms with E-state index < -0.39 is 0 Å². The average molecular weight is 445 g/mol. The Bertz CT molecular complexity index is 1050. The van der Waals surface area contributed by atoms with Gasteiger partial charge in [-0.25, -0.2) is 0 Å². The highest BCUT2D eigenvalue weighted by Crippen LogP contribution is 2.63. The number of hydrogen-bond donors (Lipinski definition) is 2. The zero-order valence-corrected chi connectivity index (χ0v) is 19.8. The van der Waals surface area contributed by atoms with Crippen molar-refractivity contribution >= 4 is 0 Å². The van der Waals surface area contributed by atoms with Crippen LogP contribution < -0.4 is 15.4 Å². The van der Waals surface area contributed by atoms with E-state index in [1.807, 2.05) is 7.11 Å². The Labute approximate surface area is 197 Å². The van der Waals surface area contributed by atoms with Crippen molar-refractivity contribution in [3.05, 3.63) is 64.7 Å². The van der Waals surface area contributed by atoms with E-state index >= 15 is 0 Å². The SMILES string of the molecule is COc1cc(CC2CC2)c2c(c1)[C@@]13CCN[C@H](C2)[C@]12CC[C@@](NCc1ccccc1)(CO2)C3. The highest BCUT2D eigenvalue weighted by molar-refractivity contribution is 5.54. The fraction of sp³-hybridized carbons (Fsp3) is 0.586. The van der Waals surface area contributed by atoms with E-state index in [9.17, 15) is 0 Å². The van der Waals surface area contributed by atoms with E-state index in [1.54, 1.807) is 16.7 Å². The van der Waals surface area contributed by atoms with Gasteiger partial charge >= 0.3 is 0 Å². The zero-order valence-electron chi connectivity index (χ0n) is 19.8. The van der Waals surface area contributed by atoms with Crippen LogP contribution in [0, 0.1) is 5.92 Å². The molecule has 174 valence electrons. The van der Waals surface area contributed by atoms with Crippen molar-refractivity contribution in [2.75, 3.05) is 20.3 Å². The Morgan fingerprint density at radius 2 is 2.00 bits per heavy atom. The summed E-state index contributed by atoms with van der Waals surface area (Å²) in [6.45, 7) is 2.82. The number of rotatable bonds is 6. The summed E-state index contributed by atoms with van der Waals surface area (Å²) >= 11 is 0. The van der Waals surface area contributed by atoms with E-state index in [0.29, 0.717) is 6.04 Å². The van der Waals surface area contributed by atoms with Crippen LogP contribution in [-0.4, -0.2) is 37.4 Å². The average Bonchev–Trinajstić information content (AvgIpc) is 3.68. The quantitative estimate of drug-likeness (QED) is 0.698. The zero-order chi connectivity index (χ0) is 22.1. The van der Waals surface area contributed by atoms with Crippen LogP contribution in [0.25, 0.3) is 0 Å². The molecule has 3 saturated heterocycles. The van der Waals surface area contributed by atoms with Gasteiger partial charge in [0.25, 0.3) is 0 Å². The summed E-state index contributed by atoms with van der Waals surface area (Å²) in [5, 5.41) is 7.93. The van der Waals surface area contributed by atoms with Crippen LogP contribution in [-0.2, 0) is 29.5 Å². The van der Waals surface area contributed by atoms with Gasteiger partial charge in [0, 0.05) is 23.5 Å². The van der Waals surface area contributed by atoms with Crippen molar-refractivity contribution in [2.24, 2.45) is 5.92 Å². The first-order chi connectivity index (χ1) is 16.2. The maximum absolute atomic E-state index is 7.02. The molecule has 0 radical (unpaired) electrons. The third-order valence-electron chi connectivity index (χ3n) is 9.73. The van der Waals surface area contributed by atoms with Crippen LogP contribution in [0.3, 0.4) is 0 Å². The normalized spacial score (nSPS) is 36.2. The topological polar surface area (TPSA) is 42.5 Å². The van der Waals surface area contributed by atoms with E-state index in [-0.39, 0.29) is 16.6 Å². The Kier molecular flexibility index (Phi) is 4.54. The van der Waals surface area contributed by atoms with Gasteiger partial charge in [-0.15, -0.1) is 0 Å². The fourth-order valence-electron chi connectivity index (χ4n) is 7.90. The smallest absolute Gasteiger partial charge is 0.119 e. The van der Waals surface area contributed by atoms with Crippen molar-refractivity contribution in [1.82, 2.24) is 10.6 Å². The summed E-state index contributed by atoms with van der Waals surface area (Å²) in [6.07, 6.45) is 9.77. The van der Waals surface area contributed by atoms with Crippen LogP contribution in [0.1, 0.15) is 60.8 Å². The molecule has 8 rings (SSSR count). The summed E-state index contributed by atoms with van der Waals surface area (Å²) in [5.74, 6) is 1.92. The number of ether oxygens (including phenoxy) is 2. The molecular formula is C29H36N2O2. The van der Waals surface area contributed by atoms with Gasteiger partial charge in [-0.2, -0.15) is 0 Å². The molecule has 2 aromatic rings. The minimum atomic E-state index is -0.0718. The second-order valence-electron chi connectivity index (χ2n) is 11.5. The molecule has 2 aromatic carbocycles. The Hall–Kier alpha value is -1.88. The lowest BCUT2D eigenvalue weighted by molar-refractivity contribution is -0.241. The molecule has 0 unspecified atom stereocenters. The third kappa shape index (κ3) is 3.00. The van der Waals surface area contributed by atoms with Gasteiger partial charge < -0.3 is 20.1 Å². The van der Waals surface area contributed by atoms with Crippen molar-refractivity contribution in [1.29, 1.82) is 0 Å². The molecule has 2 N–H and O–H groups in total. The predicted octanol–water partition coefficient (Wildman–Crippen LogP) is 4.29. The first-order valence-corrected chi connectivity index (χ1v) is 13.0. The molecule has 5 fully saturated rings. The highest BCUT2D eigenvalue weighted by Gasteiger charge is 2.70. The number of piperidine rings is 1. The Morgan fingerprint density at radius 3 is 2.76 bits per heavy atom. The molecule has 0 aromatic heterocycles. The number of methoxy groups -OCH3 is 1. The molecule has 4 heteroatoms. The van der Waals surface area contributed by atoms with Gasteiger partial charge in [0.1, 0.15) is 5.75 Å². The summed E-state index contributed by atoms with van der Waals surface area (Å²) in [6, 6.07) is 16.0. The van der Waals surface area contributed by atoms with Gasteiger partial charge in [0.2, 0.25) is 0 Å². The molecule has 3 heterocycles. The summed E-state index contributed by atoms with van der Waals surface area (Å²) < 4.78 is 12.9. The maximum atomic E-state index is 7.02. The van der Waals surface area contributed by atoms with Gasteiger partial charge in [-0.1, -0.05) is 30.3 Å². The molecule has 4 atom stereocenters. The number of fused-ring (bicyclic) bond motifs is 3. The van der Waals surface area contributed by atoms with Crippen molar-refractivity contribution in [2.45, 2.75) is 80.5 Å². The van der Waals surface area contributed by atoms with E-state index in [0.717, 1.165) is 50.6 Å². The number of hydrogen-bond acceptors (Lipinski definition) is 4. The number of benzene rings is 2. The molecule has 4 nitrogen and oxygen atoms in total. The standard InChI is InChI=1S/C29H36N2O2/c1-32-23-14-22(13-20-7-8-20)24-16-26-29-10-9-27(19-33-29,31-17-21-5-3-2-4-6-21)18-28(29,11-12-30-26)25(24)15-23/h2-6,14-15,20,26,30-31H,7-13,16-19H2,1H3/t26-,27+,28+,29-/m1/s1. The van der Waals surface area contributed by atoms with Crippen molar-refractivity contribution in [3.8, 4) is 5.75 Å². The number of nitrogens with one attached hydrogen (secondary N) is 2. The van der Waals surface area contributed by atoms with Gasteiger partial charge in [-0.05, 0) is 98.2 Å². The highest BCUT2D eigenvalue weighted by atomic mass is 16.5. The minimum absolute atomic E-state index is 0.0494. The van der Waals surface area contributed by atoms with Crippen LogP contribution in [0.2, 0.25) is 0 Å².